The summed E-state index contributed by atoms with van der Waals surface area (Å²) in [6, 6.07) is 19.5. The van der Waals surface area contributed by atoms with E-state index in [1.807, 2.05) is 81.4 Å². The van der Waals surface area contributed by atoms with Gasteiger partial charge in [0.05, 0.1) is 6.54 Å². The fraction of sp³-hybridized carbons (Fsp3) is 0.310. The summed E-state index contributed by atoms with van der Waals surface area (Å²) in [7, 11) is 0. The Labute approximate surface area is 220 Å². The monoisotopic (exact) mass is 513 g/mol. The number of nitrogens with one attached hydrogen (secondary N) is 2. The van der Waals surface area contributed by atoms with Crippen LogP contribution in [-0.2, 0) is 20.8 Å². The van der Waals surface area contributed by atoms with Crippen LogP contribution in [0.3, 0.4) is 0 Å². The van der Waals surface area contributed by atoms with Gasteiger partial charge in [-0.1, -0.05) is 54.6 Å². The van der Waals surface area contributed by atoms with Crippen LogP contribution >= 0.6 is 0 Å². The van der Waals surface area contributed by atoms with Gasteiger partial charge in [0.1, 0.15) is 18.5 Å². The van der Waals surface area contributed by atoms with Crippen LogP contribution in [0.25, 0.3) is 22.2 Å². The first-order valence-corrected chi connectivity index (χ1v) is 12.7. The molecule has 1 aliphatic rings. The number of pyridine rings is 1. The molecular weight excluding hydrogens is 482 g/mol. The highest BCUT2D eigenvalue weighted by Crippen LogP contribution is 2.24. The molecule has 2 atom stereocenters. The molecule has 2 aromatic carbocycles. The van der Waals surface area contributed by atoms with E-state index in [1.165, 1.54) is 0 Å². The molecule has 3 heterocycles. The van der Waals surface area contributed by atoms with Gasteiger partial charge in [-0.15, -0.1) is 0 Å². The smallest absolute Gasteiger partial charge is 0.260 e. The van der Waals surface area contributed by atoms with Gasteiger partial charge in [0.15, 0.2) is 6.10 Å². The number of ether oxygens (including phenoxy) is 2. The lowest BCUT2D eigenvalue weighted by Gasteiger charge is -2.19. The van der Waals surface area contributed by atoms with Crippen LogP contribution in [0.5, 0.6) is 0 Å². The zero-order valence-corrected chi connectivity index (χ0v) is 21.7. The molecule has 196 valence electrons. The van der Waals surface area contributed by atoms with Crippen LogP contribution < -0.4 is 16.2 Å². The van der Waals surface area contributed by atoms with Gasteiger partial charge in [-0.3, -0.25) is 14.2 Å². The van der Waals surface area contributed by atoms with Crippen molar-refractivity contribution in [3.05, 3.63) is 88.3 Å². The molecule has 4 aromatic rings. The highest BCUT2D eigenvalue weighted by molar-refractivity contribution is 5.83. The SMILES string of the molecule is Cc1ccccc1-c1cc2cnc(NC[C@@H]3OCO[C@H]3C(=O)NC(C)C)nc2n(Cc2ccccc2)c1=O. The third-order valence-electron chi connectivity index (χ3n) is 6.46. The normalized spacial score (nSPS) is 17.2. The summed E-state index contributed by atoms with van der Waals surface area (Å²) in [5.74, 6) is 0.116. The molecule has 38 heavy (non-hydrogen) atoms. The van der Waals surface area contributed by atoms with Crippen molar-refractivity contribution in [3.8, 4) is 11.1 Å². The van der Waals surface area contributed by atoms with Crippen molar-refractivity contribution in [2.24, 2.45) is 0 Å². The fourth-order valence-electron chi connectivity index (χ4n) is 4.59. The molecule has 9 heteroatoms. The number of carbonyl (C=O) groups is 1. The Morgan fingerprint density at radius 3 is 2.61 bits per heavy atom. The van der Waals surface area contributed by atoms with Crippen LogP contribution in [0.15, 0.2) is 71.7 Å². The van der Waals surface area contributed by atoms with Crippen LogP contribution in [-0.4, -0.2) is 52.0 Å². The average molecular weight is 514 g/mol. The predicted octanol–water partition coefficient (Wildman–Crippen LogP) is 3.49. The van der Waals surface area contributed by atoms with Gasteiger partial charge in [-0.2, -0.15) is 4.98 Å². The third-order valence-corrected chi connectivity index (χ3v) is 6.46. The van der Waals surface area contributed by atoms with E-state index in [-0.39, 0.29) is 30.8 Å². The van der Waals surface area contributed by atoms with E-state index in [0.717, 1.165) is 22.1 Å². The molecule has 1 fully saturated rings. The van der Waals surface area contributed by atoms with Crippen LogP contribution in [0.4, 0.5) is 5.95 Å². The molecule has 0 saturated carbocycles. The second kappa shape index (κ2) is 11.1. The van der Waals surface area contributed by atoms with Crippen molar-refractivity contribution < 1.29 is 14.3 Å². The Bertz CT molecular complexity index is 1500. The summed E-state index contributed by atoms with van der Waals surface area (Å²) < 4.78 is 12.8. The maximum absolute atomic E-state index is 13.8. The maximum atomic E-state index is 13.8. The number of aryl methyl sites for hydroxylation is 1. The molecular formula is C29H31N5O4. The highest BCUT2D eigenvalue weighted by Gasteiger charge is 2.35. The van der Waals surface area contributed by atoms with Gasteiger partial charge < -0.3 is 20.1 Å². The molecule has 9 nitrogen and oxygen atoms in total. The quantitative estimate of drug-likeness (QED) is 0.371. The average Bonchev–Trinajstić information content (AvgIpc) is 3.39. The van der Waals surface area contributed by atoms with Crippen LogP contribution in [0.1, 0.15) is 25.0 Å². The summed E-state index contributed by atoms with van der Waals surface area (Å²) in [4.78, 5) is 35.5. The number of benzene rings is 2. The molecule has 1 saturated heterocycles. The molecule has 2 N–H and O–H groups in total. The minimum atomic E-state index is -0.724. The van der Waals surface area contributed by atoms with Crippen molar-refractivity contribution in [1.82, 2.24) is 19.9 Å². The van der Waals surface area contributed by atoms with Gasteiger partial charge in [0.2, 0.25) is 5.95 Å². The lowest BCUT2D eigenvalue weighted by Crippen LogP contribution is -2.45. The van der Waals surface area contributed by atoms with E-state index >= 15 is 0 Å². The first-order chi connectivity index (χ1) is 18.4. The molecule has 5 rings (SSSR count). The largest absolute Gasteiger partial charge is 0.352 e. The van der Waals surface area contributed by atoms with Gasteiger partial charge in [-0.25, -0.2) is 4.98 Å². The van der Waals surface area contributed by atoms with Crippen molar-refractivity contribution in [1.29, 1.82) is 0 Å². The summed E-state index contributed by atoms with van der Waals surface area (Å²) in [6.07, 6.45) is 0.490. The number of aromatic nitrogens is 3. The van der Waals surface area contributed by atoms with Crippen molar-refractivity contribution in [3.63, 3.8) is 0 Å². The van der Waals surface area contributed by atoms with E-state index < -0.39 is 12.2 Å². The van der Waals surface area contributed by atoms with E-state index in [0.29, 0.717) is 23.7 Å². The van der Waals surface area contributed by atoms with Crippen LogP contribution in [0.2, 0.25) is 0 Å². The Hall–Kier alpha value is -4.08. The van der Waals surface area contributed by atoms with E-state index in [1.54, 1.807) is 10.8 Å². The number of anilines is 1. The second-order valence-electron chi connectivity index (χ2n) is 9.68. The van der Waals surface area contributed by atoms with Crippen molar-refractivity contribution in [2.75, 3.05) is 18.7 Å². The summed E-state index contributed by atoms with van der Waals surface area (Å²) in [5.41, 5.74) is 3.88. The molecule has 0 radical (unpaired) electrons. The number of rotatable bonds is 8. The van der Waals surface area contributed by atoms with E-state index in [4.69, 9.17) is 14.5 Å². The summed E-state index contributed by atoms with van der Waals surface area (Å²) >= 11 is 0. The lowest BCUT2D eigenvalue weighted by atomic mass is 10.0. The third kappa shape index (κ3) is 5.44. The minimum Gasteiger partial charge on any atom is -0.352 e. The number of hydrogen-bond acceptors (Lipinski definition) is 7. The molecule has 2 aromatic heterocycles. The Morgan fingerprint density at radius 2 is 1.84 bits per heavy atom. The number of fused-ring (bicyclic) bond motifs is 1. The molecule has 1 amide bonds. The number of hydrogen-bond donors (Lipinski definition) is 2. The summed E-state index contributed by atoms with van der Waals surface area (Å²) in [6.45, 7) is 6.45. The first kappa shape index (κ1) is 25.6. The Balaban J connectivity index is 1.49. The Kier molecular flexibility index (Phi) is 7.48. The Morgan fingerprint density at radius 1 is 1.08 bits per heavy atom. The van der Waals surface area contributed by atoms with Gasteiger partial charge in [0.25, 0.3) is 11.5 Å². The second-order valence-corrected chi connectivity index (χ2v) is 9.68. The zero-order valence-electron chi connectivity index (χ0n) is 21.7. The fourth-order valence-corrected chi connectivity index (χ4v) is 4.59. The maximum Gasteiger partial charge on any atom is 0.260 e. The van der Waals surface area contributed by atoms with Gasteiger partial charge in [0, 0.05) is 29.7 Å². The van der Waals surface area contributed by atoms with Crippen molar-refractivity contribution >= 4 is 22.9 Å². The van der Waals surface area contributed by atoms with Crippen LogP contribution in [0, 0.1) is 6.92 Å². The zero-order chi connectivity index (χ0) is 26.6. The topological polar surface area (TPSA) is 107 Å². The first-order valence-electron chi connectivity index (χ1n) is 12.7. The number of carbonyl (C=O) groups excluding carboxylic acids is 1. The lowest BCUT2D eigenvalue weighted by molar-refractivity contribution is -0.130. The highest BCUT2D eigenvalue weighted by atomic mass is 16.7. The molecule has 0 aliphatic carbocycles. The predicted molar refractivity (Wildman–Crippen MR) is 146 cm³/mol. The standard InChI is InChI=1S/C29H31N5O4/c1-18(2)32-27(35)25-24(37-17-38-25)15-31-29-30-14-21-13-23(22-12-8-7-9-19(22)3)28(36)34(26(21)33-29)16-20-10-5-4-6-11-20/h4-14,18,24-25H,15-17H2,1-3H3,(H,32,35)(H,30,31,33)/t24-,25+/m0/s1. The minimum absolute atomic E-state index is 0.00459. The van der Waals surface area contributed by atoms with E-state index in [2.05, 4.69) is 15.6 Å². The number of amides is 1. The molecule has 0 spiro atoms. The number of nitrogens with zero attached hydrogens (tertiary/aromatic N) is 3. The summed E-state index contributed by atoms with van der Waals surface area (Å²) in [5, 5.41) is 6.76. The molecule has 1 aliphatic heterocycles. The molecule has 0 unspecified atom stereocenters. The molecule has 0 bridgehead atoms. The van der Waals surface area contributed by atoms with Crippen molar-refractivity contribution in [2.45, 2.75) is 45.6 Å². The van der Waals surface area contributed by atoms with Gasteiger partial charge >= 0.3 is 0 Å². The van der Waals surface area contributed by atoms with E-state index in [9.17, 15) is 9.59 Å². The van der Waals surface area contributed by atoms with Gasteiger partial charge in [-0.05, 0) is 43.5 Å².